The van der Waals surface area contributed by atoms with Crippen molar-refractivity contribution in [3.8, 4) is 0 Å². The molecule has 5 aromatic carbocycles. The first kappa shape index (κ1) is 22.0. The van der Waals surface area contributed by atoms with Gasteiger partial charge < -0.3 is 5.73 Å². The summed E-state index contributed by atoms with van der Waals surface area (Å²) in [4.78, 5) is 16.8. The standard InChI is InChI=1S/C33H26N2O/c34-32(25-15-5-1-6-16-25)29-23-13-14-24-30(29)35(31(32)36)33(26-17-7-2-8-18-26,27-19-9-3-10-20-27)28-21-11-4-12-22-28/h1-24H,34H2. The molecule has 174 valence electrons. The smallest absolute Gasteiger partial charge is 0.257 e. The summed E-state index contributed by atoms with van der Waals surface area (Å²) < 4.78 is 0. The Kier molecular flexibility index (Phi) is 5.28. The Morgan fingerprint density at radius 2 is 0.917 bits per heavy atom. The third-order valence-corrected chi connectivity index (χ3v) is 7.25. The van der Waals surface area contributed by atoms with Crippen LogP contribution in [0.3, 0.4) is 0 Å². The summed E-state index contributed by atoms with van der Waals surface area (Å²) in [5.74, 6) is -0.161. The molecule has 0 saturated heterocycles. The molecule has 1 aliphatic rings. The van der Waals surface area contributed by atoms with Gasteiger partial charge >= 0.3 is 0 Å². The SMILES string of the molecule is NC1(c2ccccc2)C(=O)N(C(c2ccccc2)(c2ccccc2)c2ccccc2)c2ccccc21. The van der Waals surface area contributed by atoms with E-state index in [2.05, 4.69) is 36.4 Å². The molecule has 1 amide bonds. The van der Waals surface area contributed by atoms with Gasteiger partial charge in [0.15, 0.2) is 0 Å². The minimum atomic E-state index is -1.32. The number of hydrogen-bond donors (Lipinski definition) is 1. The van der Waals surface area contributed by atoms with E-state index in [1.807, 2.05) is 114 Å². The van der Waals surface area contributed by atoms with Gasteiger partial charge in [-0.3, -0.25) is 9.69 Å². The number of nitrogens with zero attached hydrogens (tertiary/aromatic N) is 1. The number of carbonyl (C=O) groups excluding carboxylic acids is 1. The van der Waals surface area contributed by atoms with Crippen molar-refractivity contribution in [3.63, 3.8) is 0 Å². The number of hydrogen-bond acceptors (Lipinski definition) is 2. The molecule has 0 saturated carbocycles. The Morgan fingerprint density at radius 3 is 1.39 bits per heavy atom. The lowest BCUT2D eigenvalue weighted by molar-refractivity contribution is -0.122. The third kappa shape index (κ3) is 3.07. The normalized spacial score (nSPS) is 17.1. The number of amides is 1. The van der Waals surface area contributed by atoms with Crippen LogP contribution in [0.2, 0.25) is 0 Å². The van der Waals surface area contributed by atoms with E-state index in [9.17, 15) is 4.79 Å². The molecule has 0 bridgehead atoms. The number of benzene rings is 5. The summed E-state index contributed by atoms with van der Waals surface area (Å²) in [6.07, 6.45) is 0. The second-order valence-electron chi connectivity index (χ2n) is 9.14. The average Bonchev–Trinajstić information content (AvgIpc) is 3.19. The Hall–Kier alpha value is -4.47. The summed E-state index contributed by atoms with van der Waals surface area (Å²) in [7, 11) is 0. The number of para-hydroxylation sites is 1. The maximum atomic E-state index is 14.9. The van der Waals surface area contributed by atoms with E-state index in [1.54, 1.807) is 0 Å². The summed E-state index contributed by atoms with van der Waals surface area (Å²) in [6, 6.07) is 48.3. The zero-order valence-corrected chi connectivity index (χ0v) is 19.8. The molecule has 0 radical (unpaired) electrons. The summed E-state index contributed by atoms with van der Waals surface area (Å²) in [5.41, 5.74) is 10.3. The fourth-order valence-electron chi connectivity index (χ4n) is 5.64. The predicted molar refractivity (Wildman–Crippen MR) is 145 cm³/mol. The Bertz CT molecular complexity index is 1400. The second-order valence-corrected chi connectivity index (χ2v) is 9.14. The van der Waals surface area contributed by atoms with Crippen molar-refractivity contribution in [2.75, 3.05) is 4.90 Å². The summed E-state index contributed by atoms with van der Waals surface area (Å²) in [6.45, 7) is 0. The Balaban J connectivity index is 1.74. The van der Waals surface area contributed by atoms with Crippen LogP contribution in [0.1, 0.15) is 27.8 Å². The summed E-state index contributed by atoms with van der Waals surface area (Å²) >= 11 is 0. The first-order chi connectivity index (χ1) is 17.7. The van der Waals surface area contributed by atoms with E-state index in [0.29, 0.717) is 0 Å². The van der Waals surface area contributed by atoms with Gasteiger partial charge in [0.25, 0.3) is 5.91 Å². The van der Waals surface area contributed by atoms with Crippen molar-refractivity contribution in [2.24, 2.45) is 5.73 Å². The molecular formula is C33H26N2O. The highest BCUT2D eigenvalue weighted by Gasteiger charge is 2.57. The molecule has 1 heterocycles. The molecule has 6 rings (SSSR count). The van der Waals surface area contributed by atoms with Crippen LogP contribution in [0.15, 0.2) is 146 Å². The van der Waals surface area contributed by atoms with Crippen molar-refractivity contribution in [3.05, 3.63) is 173 Å². The number of nitrogens with two attached hydrogens (primary N) is 1. The van der Waals surface area contributed by atoms with Gasteiger partial charge in [-0.15, -0.1) is 0 Å². The molecular weight excluding hydrogens is 440 g/mol. The van der Waals surface area contributed by atoms with Crippen LogP contribution in [0.25, 0.3) is 0 Å². The van der Waals surface area contributed by atoms with Crippen molar-refractivity contribution in [1.29, 1.82) is 0 Å². The number of anilines is 1. The van der Waals surface area contributed by atoms with Crippen LogP contribution in [0.5, 0.6) is 0 Å². The number of rotatable bonds is 5. The topological polar surface area (TPSA) is 46.3 Å². The minimum absolute atomic E-state index is 0.161. The molecule has 1 aliphatic heterocycles. The highest BCUT2D eigenvalue weighted by atomic mass is 16.2. The van der Waals surface area contributed by atoms with Gasteiger partial charge in [0, 0.05) is 5.56 Å². The quantitative estimate of drug-likeness (QED) is 0.312. The highest BCUT2D eigenvalue weighted by molar-refractivity contribution is 6.12. The fourth-order valence-corrected chi connectivity index (χ4v) is 5.64. The first-order valence-corrected chi connectivity index (χ1v) is 12.1. The van der Waals surface area contributed by atoms with Gasteiger partial charge in [0.2, 0.25) is 0 Å². The van der Waals surface area contributed by atoms with Gasteiger partial charge in [0.1, 0.15) is 11.1 Å². The zero-order valence-electron chi connectivity index (χ0n) is 19.8. The molecule has 2 N–H and O–H groups in total. The third-order valence-electron chi connectivity index (χ3n) is 7.25. The monoisotopic (exact) mass is 466 g/mol. The van der Waals surface area contributed by atoms with Crippen LogP contribution in [-0.4, -0.2) is 5.91 Å². The molecule has 3 nitrogen and oxygen atoms in total. The molecule has 0 fully saturated rings. The molecule has 0 aromatic heterocycles. The Labute approximate surface area is 211 Å². The molecule has 3 heteroatoms. The fraction of sp³-hybridized carbons (Fsp3) is 0.0606. The van der Waals surface area contributed by atoms with E-state index in [-0.39, 0.29) is 5.91 Å². The van der Waals surface area contributed by atoms with Crippen LogP contribution in [0, 0.1) is 0 Å². The van der Waals surface area contributed by atoms with Crippen molar-refractivity contribution >= 4 is 11.6 Å². The molecule has 36 heavy (non-hydrogen) atoms. The molecule has 1 atom stereocenters. The Morgan fingerprint density at radius 1 is 0.528 bits per heavy atom. The molecule has 5 aromatic rings. The van der Waals surface area contributed by atoms with Crippen molar-refractivity contribution in [2.45, 2.75) is 11.1 Å². The van der Waals surface area contributed by atoms with E-state index >= 15 is 0 Å². The van der Waals surface area contributed by atoms with Crippen molar-refractivity contribution in [1.82, 2.24) is 0 Å². The molecule has 1 unspecified atom stereocenters. The van der Waals surface area contributed by atoms with E-state index in [0.717, 1.165) is 33.5 Å². The zero-order chi connectivity index (χ0) is 24.6. The first-order valence-electron chi connectivity index (χ1n) is 12.1. The maximum absolute atomic E-state index is 14.9. The minimum Gasteiger partial charge on any atom is -0.310 e. The van der Waals surface area contributed by atoms with Gasteiger partial charge in [-0.1, -0.05) is 140 Å². The maximum Gasteiger partial charge on any atom is 0.257 e. The van der Waals surface area contributed by atoms with Gasteiger partial charge in [-0.2, -0.15) is 0 Å². The largest absolute Gasteiger partial charge is 0.310 e. The lowest BCUT2D eigenvalue weighted by atomic mass is 9.75. The van der Waals surface area contributed by atoms with Gasteiger partial charge in [0.05, 0.1) is 5.69 Å². The highest BCUT2D eigenvalue weighted by Crippen LogP contribution is 2.52. The second kappa shape index (κ2) is 8.63. The lowest BCUT2D eigenvalue weighted by Gasteiger charge is -2.44. The van der Waals surface area contributed by atoms with E-state index in [1.165, 1.54) is 0 Å². The number of fused-ring (bicyclic) bond motifs is 1. The summed E-state index contributed by atoms with van der Waals surface area (Å²) in [5, 5.41) is 0. The average molecular weight is 467 g/mol. The number of carbonyl (C=O) groups is 1. The van der Waals surface area contributed by atoms with Crippen LogP contribution in [-0.2, 0) is 15.9 Å². The van der Waals surface area contributed by atoms with E-state index < -0.39 is 11.1 Å². The molecule has 0 spiro atoms. The predicted octanol–water partition coefficient (Wildman–Crippen LogP) is 6.23. The lowest BCUT2D eigenvalue weighted by Crippen LogP contribution is -2.56. The van der Waals surface area contributed by atoms with Crippen LogP contribution in [0.4, 0.5) is 5.69 Å². The van der Waals surface area contributed by atoms with Crippen LogP contribution < -0.4 is 10.6 Å². The van der Waals surface area contributed by atoms with Crippen molar-refractivity contribution < 1.29 is 4.79 Å². The van der Waals surface area contributed by atoms with Gasteiger partial charge in [-0.25, -0.2) is 0 Å². The van der Waals surface area contributed by atoms with Crippen LogP contribution >= 0.6 is 0 Å². The molecule has 0 aliphatic carbocycles. The van der Waals surface area contributed by atoms with Gasteiger partial charge in [-0.05, 0) is 28.3 Å². The van der Waals surface area contributed by atoms with E-state index in [4.69, 9.17) is 5.73 Å².